The number of hydrogen-bond acceptors (Lipinski definition) is 4. The highest BCUT2D eigenvalue weighted by Gasteiger charge is 2.26. The van der Waals surface area contributed by atoms with Crippen molar-refractivity contribution in [1.29, 1.82) is 0 Å². The Morgan fingerprint density at radius 1 is 1.13 bits per heavy atom. The van der Waals surface area contributed by atoms with E-state index in [-0.39, 0.29) is 11.7 Å². The summed E-state index contributed by atoms with van der Waals surface area (Å²) in [5.41, 5.74) is 2.24. The number of nitrogens with one attached hydrogen (secondary N) is 1. The third-order valence-electron chi connectivity index (χ3n) is 5.33. The van der Waals surface area contributed by atoms with Gasteiger partial charge in [-0.3, -0.25) is 9.10 Å². The van der Waals surface area contributed by atoms with Crippen LogP contribution in [0.4, 0.5) is 11.4 Å². The standard InChI is InChI=1S/C22H25N3O4S/c1-29-20-7-8-21-17(15-20)9-12-24(21)13-10-22(26)23-18-5-4-6-19(16-18)25-11-2-3-14-30(25,27)28/h4-9,12,15-16H,2-3,10-11,13-14H2,1H3,(H,23,26). The van der Waals surface area contributed by atoms with E-state index in [9.17, 15) is 13.2 Å². The fraction of sp³-hybridized carbons (Fsp3) is 0.318. The first-order valence-electron chi connectivity index (χ1n) is 9.99. The van der Waals surface area contributed by atoms with E-state index in [0.29, 0.717) is 37.3 Å². The molecule has 2 heterocycles. The minimum Gasteiger partial charge on any atom is -0.497 e. The molecular formula is C22H25N3O4S. The van der Waals surface area contributed by atoms with E-state index in [1.165, 1.54) is 4.31 Å². The van der Waals surface area contributed by atoms with E-state index in [1.807, 2.05) is 35.0 Å². The predicted octanol–water partition coefficient (Wildman–Crippen LogP) is 3.61. The van der Waals surface area contributed by atoms with Crippen molar-refractivity contribution in [3.63, 3.8) is 0 Å². The molecule has 0 bridgehead atoms. The second-order valence-corrected chi connectivity index (χ2v) is 9.39. The summed E-state index contributed by atoms with van der Waals surface area (Å²) in [5, 5.41) is 3.94. The summed E-state index contributed by atoms with van der Waals surface area (Å²) in [5.74, 6) is 0.845. The number of carbonyl (C=O) groups is 1. The maximum absolute atomic E-state index is 12.5. The lowest BCUT2D eigenvalue weighted by molar-refractivity contribution is -0.116. The second-order valence-electron chi connectivity index (χ2n) is 7.38. The zero-order valence-corrected chi connectivity index (χ0v) is 17.7. The van der Waals surface area contributed by atoms with Crippen LogP contribution in [0.15, 0.2) is 54.7 Å². The molecule has 0 aliphatic carbocycles. The summed E-state index contributed by atoms with van der Waals surface area (Å²) in [6.45, 7) is 1.02. The molecule has 4 rings (SSSR count). The monoisotopic (exact) mass is 427 g/mol. The molecular weight excluding hydrogens is 402 g/mol. The van der Waals surface area contributed by atoms with Crippen LogP contribution in [0.5, 0.6) is 5.75 Å². The molecule has 0 radical (unpaired) electrons. The summed E-state index contributed by atoms with van der Waals surface area (Å²) >= 11 is 0. The molecule has 8 heteroatoms. The van der Waals surface area contributed by atoms with Crippen LogP contribution in [0.1, 0.15) is 19.3 Å². The first-order chi connectivity index (χ1) is 14.5. The molecule has 1 fully saturated rings. The van der Waals surface area contributed by atoms with E-state index in [0.717, 1.165) is 23.1 Å². The number of benzene rings is 2. The van der Waals surface area contributed by atoms with Crippen LogP contribution in [0.3, 0.4) is 0 Å². The number of amides is 1. The van der Waals surface area contributed by atoms with Crippen molar-refractivity contribution >= 4 is 38.2 Å². The van der Waals surface area contributed by atoms with E-state index in [1.54, 1.807) is 31.4 Å². The topological polar surface area (TPSA) is 80.6 Å². The van der Waals surface area contributed by atoms with Gasteiger partial charge >= 0.3 is 0 Å². The van der Waals surface area contributed by atoms with Crippen molar-refractivity contribution in [3.8, 4) is 5.75 Å². The average molecular weight is 428 g/mol. The number of hydrogen-bond donors (Lipinski definition) is 1. The van der Waals surface area contributed by atoms with Gasteiger partial charge in [0.15, 0.2) is 0 Å². The second kappa shape index (κ2) is 8.39. The highest BCUT2D eigenvalue weighted by atomic mass is 32.2. The highest BCUT2D eigenvalue weighted by molar-refractivity contribution is 7.92. The fourth-order valence-corrected chi connectivity index (χ4v) is 5.39. The molecule has 1 aromatic heterocycles. The Hall–Kier alpha value is -3.00. The highest BCUT2D eigenvalue weighted by Crippen LogP contribution is 2.26. The SMILES string of the molecule is COc1ccc2c(ccn2CCC(=O)Nc2cccc(N3CCCCS3(=O)=O)c2)c1. The van der Waals surface area contributed by atoms with Gasteiger partial charge in [-0.15, -0.1) is 0 Å². The van der Waals surface area contributed by atoms with Crippen LogP contribution in [0, 0.1) is 0 Å². The quantitative estimate of drug-likeness (QED) is 0.652. The van der Waals surface area contributed by atoms with Crippen molar-refractivity contribution in [2.45, 2.75) is 25.8 Å². The van der Waals surface area contributed by atoms with Gasteiger partial charge < -0.3 is 14.6 Å². The summed E-state index contributed by atoms with van der Waals surface area (Å²) in [4.78, 5) is 12.5. The zero-order chi connectivity index (χ0) is 21.1. The van der Waals surface area contributed by atoms with Crippen LogP contribution in [0.2, 0.25) is 0 Å². The Labute approximate surface area is 176 Å². The molecule has 0 unspecified atom stereocenters. The van der Waals surface area contributed by atoms with Gasteiger partial charge in [0, 0.05) is 42.3 Å². The van der Waals surface area contributed by atoms with Crippen LogP contribution in [-0.4, -0.2) is 38.3 Å². The molecule has 7 nitrogen and oxygen atoms in total. The van der Waals surface area contributed by atoms with Gasteiger partial charge in [0.05, 0.1) is 18.6 Å². The Morgan fingerprint density at radius 3 is 2.80 bits per heavy atom. The predicted molar refractivity (Wildman–Crippen MR) is 119 cm³/mol. The first-order valence-corrected chi connectivity index (χ1v) is 11.6. The summed E-state index contributed by atoms with van der Waals surface area (Å²) < 4.78 is 33.4. The maximum atomic E-state index is 12.5. The fourth-order valence-electron chi connectivity index (χ4n) is 3.76. The number of aryl methyl sites for hydroxylation is 1. The van der Waals surface area contributed by atoms with Crippen molar-refractivity contribution < 1.29 is 17.9 Å². The normalized spacial score (nSPS) is 15.8. The van der Waals surface area contributed by atoms with E-state index in [2.05, 4.69) is 5.32 Å². The number of aromatic nitrogens is 1. The van der Waals surface area contributed by atoms with Gasteiger partial charge in [0.2, 0.25) is 15.9 Å². The number of methoxy groups -OCH3 is 1. The number of nitrogens with zero attached hydrogens (tertiary/aromatic N) is 2. The van der Waals surface area contributed by atoms with Gasteiger partial charge in [0.1, 0.15) is 5.75 Å². The molecule has 1 N–H and O–H groups in total. The first kappa shape index (κ1) is 20.3. The Morgan fingerprint density at radius 2 is 2.00 bits per heavy atom. The maximum Gasteiger partial charge on any atom is 0.235 e. The van der Waals surface area contributed by atoms with Crippen LogP contribution in [0.25, 0.3) is 10.9 Å². The van der Waals surface area contributed by atoms with Crippen molar-refractivity contribution in [1.82, 2.24) is 4.57 Å². The van der Waals surface area contributed by atoms with Crippen LogP contribution >= 0.6 is 0 Å². The number of anilines is 2. The number of rotatable bonds is 6. The van der Waals surface area contributed by atoms with Crippen LogP contribution in [-0.2, 0) is 21.4 Å². The molecule has 1 aliphatic rings. The van der Waals surface area contributed by atoms with Crippen molar-refractivity contribution in [2.75, 3.05) is 29.0 Å². The van der Waals surface area contributed by atoms with E-state index >= 15 is 0 Å². The van der Waals surface area contributed by atoms with Crippen molar-refractivity contribution in [2.24, 2.45) is 0 Å². The number of carbonyl (C=O) groups excluding carboxylic acids is 1. The number of fused-ring (bicyclic) bond motifs is 1. The van der Waals surface area contributed by atoms with Gasteiger partial charge in [-0.05, 0) is 55.3 Å². The Kier molecular flexibility index (Phi) is 5.67. The lowest BCUT2D eigenvalue weighted by atomic mass is 10.2. The molecule has 0 spiro atoms. The average Bonchev–Trinajstić information content (AvgIpc) is 3.14. The molecule has 1 amide bonds. The number of sulfonamides is 1. The lowest BCUT2D eigenvalue weighted by Gasteiger charge is -2.28. The third-order valence-corrected chi connectivity index (χ3v) is 7.19. The number of ether oxygens (including phenoxy) is 1. The third kappa shape index (κ3) is 4.28. The molecule has 1 saturated heterocycles. The van der Waals surface area contributed by atoms with Gasteiger partial charge in [-0.1, -0.05) is 6.07 Å². The lowest BCUT2D eigenvalue weighted by Crippen LogP contribution is -2.37. The zero-order valence-electron chi connectivity index (χ0n) is 16.9. The molecule has 1 aliphatic heterocycles. The minimum atomic E-state index is -3.28. The van der Waals surface area contributed by atoms with Crippen LogP contribution < -0.4 is 14.4 Å². The molecule has 30 heavy (non-hydrogen) atoms. The van der Waals surface area contributed by atoms with Crippen molar-refractivity contribution in [3.05, 3.63) is 54.7 Å². The molecule has 3 aromatic rings. The smallest absolute Gasteiger partial charge is 0.235 e. The van der Waals surface area contributed by atoms with E-state index in [4.69, 9.17) is 4.74 Å². The summed E-state index contributed by atoms with van der Waals surface area (Å²) in [6, 6.07) is 14.9. The Balaban J connectivity index is 1.41. The van der Waals surface area contributed by atoms with E-state index < -0.39 is 10.0 Å². The molecule has 158 valence electrons. The minimum absolute atomic E-state index is 0.121. The molecule has 0 atom stereocenters. The summed E-state index contributed by atoms with van der Waals surface area (Å²) in [7, 11) is -1.64. The van der Waals surface area contributed by atoms with Gasteiger partial charge in [0.25, 0.3) is 0 Å². The largest absolute Gasteiger partial charge is 0.497 e. The molecule has 2 aromatic carbocycles. The Bertz CT molecular complexity index is 1170. The molecule has 0 saturated carbocycles. The van der Waals surface area contributed by atoms with Gasteiger partial charge in [-0.25, -0.2) is 8.42 Å². The summed E-state index contributed by atoms with van der Waals surface area (Å²) in [6.07, 6.45) is 3.80. The van der Waals surface area contributed by atoms with Gasteiger partial charge in [-0.2, -0.15) is 0 Å².